The van der Waals surface area contributed by atoms with Crippen molar-refractivity contribution >= 4 is 33.3 Å². The summed E-state index contributed by atoms with van der Waals surface area (Å²) in [4.78, 5) is 24.5. The van der Waals surface area contributed by atoms with E-state index in [-0.39, 0.29) is 11.5 Å². The normalized spacial score (nSPS) is 10.3. The standard InChI is InChI=1S/C13H12BrN3O3/c1-7-5-9(14)6-8(2)12(7)16-13(18)10-3-4-11(15-10)17(19)20/h3-6,15H,1-2H3,(H,16,18). The number of nitrogens with one attached hydrogen (secondary N) is 2. The molecule has 0 aliphatic rings. The predicted octanol–water partition coefficient (Wildman–Crippen LogP) is 3.55. The highest BCUT2D eigenvalue weighted by Crippen LogP contribution is 2.25. The van der Waals surface area contributed by atoms with E-state index in [9.17, 15) is 14.9 Å². The van der Waals surface area contributed by atoms with E-state index < -0.39 is 10.8 Å². The molecule has 1 aromatic heterocycles. The van der Waals surface area contributed by atoms with Crippen LogP contribution in [0.25, 0.3) is 0 Å². The van der Waals surface area contributed by atoms with Crippen molar-refractivity contribution in [1.29, 1.82) is 0 Å². The van der Waals surface area contributed by atoms with Crippen LogP contribution in [0.5, 0.6) is 0 Å². The first-order valence-corrected chi connectivity index (χ1v) is 6.59. The quantitative estimate of drug-likeness (QED) is 0.663. The van der Waals surface area contributed by atoms with Crippen LogP contribution in [0.3, 0.4) is 0 Å². The lowest BCUT2D eigenvalue weighted by Gasteiger charge is -2.11. The Labute approximate surface area is 123 Å². The second-order valence-electron chi connectivity index (χ2n) is 4.38. The topological polar surface area (TPSA) is 88.0 Å². The Morgan fingerprint density at radius 1 is 1.30 bits per heavy atom. The molecular weight excluding hydrogens is 326 g/mol. The third-order valence-corrected chi connectivity index (χ3v) is 3.31. The minimum absolute atomic E-state index is 0.151. The average Bonchev–Trinajstić information content (AvgIpc) is 2.83. The van der Waals surface area contributed by atoms with Gasteiger partial charge in [-0.05, 0) is 48.1 Å². The van der Waals surface area contributed by atoms with Crippen LogP contribution in [-0.2, 0) is 0 Å². The van der Waals surface area contributed by atoms with Crippen LogP contribution in [0, 0.1) is 24.0 Å². The van der Waals surface area contributed by atoms with Crippen LogP contribution in [0.15, 0.2) is 28.7 Å². The van der Waals surface area contributed by atoms with Gasteiger partial charge in [-0.3, -0.25) is 4.79 Å². The van der Waals surface area contributed by atoms with Crippen molar-refractivity contribution in [3.8, 4) is 0 Å². The maximum absolute atomic E-state index is 12.1. The Kier molecular flexibility index (Phi) is 3.89. The Morgan fingerprint density at radius 2 is 1.90 bits per heavy atom. The molecule has 0 aliphatic carbocycles. The lowest BCUT2D eigenvalue weighted by atomic mass is 10.1. The molecule has 7 heteroatoms. The Hall–Kier alpha value is -2.15. The monoisotopic (exact) mass is 337 g/mol. The zero-order valence-electron chi connectivity index (χ0n) is 10.9. The summed E-state index contributed by atoms with van der Waals surface area (Å²) in [6.45, 7) is 3.76. The van der Waals surface area contributed by atoms with E-state index in [4.69, 9.17) is 0 Å². The number of anilines is 1. The number of carbonyl (C=O) groups excluding carboxylic acids is 1. The van der Waals surface area contributed by atoms with E-state index in [2.05, 4.69) is 26.2 Å². The van der Waals surface area contributed by atoms with Gasteiger partial charge in [-0.1, -0.05) is 15.9 Å². The second kappa shape index (κ2) is 5.46. The predicted molar refractivity (Wildman–Crippen MR) is 79.0 cm³/mol. The van der Waals surface area contributed by atoms with Gasteiger partial charge in [-0.25, -0.2) is 4.98 Å². The van der Waals surface area contributed by atoms with E-state index in [0.717, 1.165) is 15.6 Å². The molecule has 1 amide bonds. The molecule has 0 saturated carbocycles. The smallest absolute Gasteiger partial charge is 0.321 e. The number of halogens is 1. The third-order valence-electron chi connectivity index (χ3n) is 2.85. The zero-order chi connectivity index (χ0) is 14.9. The van der Waals surface area contributed by atoms with Crippen LogP contribution in [-0.4, -0.2) is 15.8 Å². The van der Waals surface area contributed by atoms with Gasteiger partial charge in [0.05, 0.1) is 0 Å². The van der Waals surface area contributed by atoms with Crippen LogP contribution in [0.4, 0.5) is 11.5 Å². The molecular formula is C13H12BrN3O3. The fourth-order valence-corrected chi connectivity index (χ4v) is 2.60. The van der Waals surface area contributed by atoms with Crippen LogP contribution in [0.2, 0.25) is 0 Å². The van der Waals surface area contributed by atoms with Crippen molar-refractivity contribution in [2.24, 2.45) is 0 Å². The van der Waals surface area contributed by atoms with Gasteiger partial charge in [0, 0.05) is 16.2 Å². The number of hydrogen-bond donors (Lipinski definition) is 2. The fraction of sp³-hybridized carbons (Fsp3) is 0.154. The molecule has 1 aromatic carbocycles. The molecule has 0 unspecified atom stereocenters. The first-order chi connectivity index (χ1) is 9.38. The molecule has 104 valence electrons. The first kappa shape index (κ1) is 14.3. The zero-order valence-corrected chi connectivity index (χ0v) is 12.4. The highest BCUT2D eigenvalue weighted by atomic mass is 79.9. The van der Waals surface area contributed by atoms with Gasteiger partial charge in [0.1, 0.15) is 0 Å². The molecule has 0 fully saturated rings. The third kappa shape index (κ3) is 2.88. The molecule has 0 spiro atoms. The van der Waals surface area contributed by atoms with Crippen LogP contribution in [0.1, 0.15) is 21.6 Å². The lowest BCUT2D eigenvalue weighted by Crippen LogP contribution is -2.14. The average molecular weight is 338 g/mol. The number of carbonyl (C=O) groups is 1. The summed E-state index contributed by atoms with van der Waals surface area (Å²) in [6.07, 6.45) is 0. The highest BCUT2D eigenvalue weighted by molar-refractivity contribution is 9.10. The Bertz CT molecular complexity index is 671. The number of benzene rings is 1. The molecule has 0 radical (unpaired) electrons. The van der Waals surface area contributed by atoms with Crippen molar-refractivity contribution in [2.75, 3.05) is 5.32 Å². The molecule has 2 rings (SSSR count). The van der Waals surface area contributed by atoms with E-state index in [1.165, 1.54) is 12.1 Å². The molecule has 2 N–H and O–H groups in total. The van der Waals surface area contributed by atoms with E-state index in [1.54, 1.807) is 0 Å². The maximum atomic E-state index is 12.1. The summed E-state index contributed by atoms with van der Waals surface area (Å²) >= 11 is 3.38. The molecule has 0 bridgehead atoms. The number of rotatable bonds is 3. The molecule has 0 atom stereocenters. The largest absolute Gasteiger partial charge is 0.358 e. The van der Waals surface area contributed by atoms with Crippen molar-refractivity contribution in [3.05, 3.63) is 55.7 Å². The number of aromatic amines is 1. The number of aryl methyl sites for hydroxylation is 2. The van der Waals surface area contributed by atoms with Gasteiger partial charge in [-0.15, -0.1) is 0 Å². The van der Waals surface area contributed by atoms with Gasteiger partial charge in [0.15, 0.2) is 5.69 Å². The van der Waals surface area contributed by atoms with Crippen molar-refractivity contribution < 1.29 is 9.72 Å². The molecule has 20 heavy (non-hydrogen) atoms. The maximum Gasteiger partial charge on any atom is 0.321 e. The van der Waals surface area contributed by atoms with Crippen molar-refractivity contribution in [1.82, 2.24) is 4.98 Å². The minimum atomic E-state index is -0.576. The Morgan fingerprint density at radius 3 is 2.40 bits per heavy atom. The van der Waals surface area contributed by atoms with Gasteiger partial charge in [0.2, 0.25) is 0 Å². The van der Waals surface area contributed by atoms with E-state index in [0.29, 0.717) is 5.69 Å². The first-order valence-electron chi connectivity index (χ1n) is 5.80. The van der Waals surface area contributed by atoms with Gasteiger partial charge < -0.3 is 15.4 Å². The number of hydrogen-bond acceptors (Lipinski definition) is 3. The summed E-state index contributed by atoms with van der Waals surface area (Å²) in [5.41, 5.74) is 2.67. The van der Waals surface area contributed by atoms with Crippen LogP contribution < -0.4 is 5.32 Å². The van der Waals surface area contributed by atoms with Gasteiger partial charge in [0.25, 0.3) is 5.91 Å². The summed E-state index contributed by atoms with van der Waals surface area (Å²) in [6, 6.07) is 6.42. The lowest BCUT2D eigenvalue weighted by molar-refractivity contribution is -0.389. The number of nitrogens with zero attached hydrogens (tertiary/aromatic N) is 1. The Balaban J connectivity index is 2.25. The molecule has 0 saturated heterocycles. The van der Waals surface area contributed by atoms with Crippen LogP contribution >= 0.6 is 15.9 Å². The van der Waals surface area contributed by atoms with Crippen molar-refractivity contribution in [3.63, 3.8) is 0 Å². The summed E-state index contributed by atoms with van der Waals surface area (Å²) in [7, 11) is 0. The van der Waals surface area contributed by atoms with Gasteiger partial charge in [-0.2, -0.15) is 0 Å². The molecule has 2 aromatic rings. The molecule has 6 nitrogen and oxygen atoms in total. The summed E-state index contributed by atoms with van der Waals surface area (Å²) in [5, 5.41) is 13.3. The highest BCUT2D eigenvalue weighted by Gasteiger charge is 2.17. The van der Waals surface area contributed by atoms with E-state index in [1.807, 2.05) is 26.0 Å². The molecule has 1 heterocycles. The minimum Gasteiger partial charge on any atom is -0.358 e. The van der Waals surface area contributed by atoms with E-state index >= 15 is 0 Å². The van der Waals surface area contributed by atoms with Gasteiger partial charge >= 0.3 is 5.82 Å². The molecule has 0 aliphatic heterocycles. The van der Waals surface area contributed by atoms with Crippen molar-refractivity contribution in [2.45, 2.75) is 13.8 Å². The SMILES string of the molecule is Cc1cc(Br)cc(C)c1NC(=O)c1ccc([N+](=O)[O-])[nH]1. The number of amides is 1. The summed E-state index contributed by atoms with van der Waals surface area (Å²) in [5.74, 6) is -0.619. The number of nitro groups is 1. The number of H-pyrrole nitrogens is 1. The fourth-order valence-electron chi connectivity index (χ4n) is 1.91. The second-order valence-corrected chi connectivity index (χ2v) is 5.30. The summed E-state index contributed by atoms with van der Waals surface area (Å²) < 4.78 is 0.931. The number of aromatic nitrogens is 1.